The predicted octanol–water partition coefficient (Wildman–Crippen LogP) is 5.10. The fourth-order valence-electron chi connectivity index (χ4n) is 3.89. The number of hydrogen-bond donors (Lipinski definition) is 1. The van der Waals surface area contributed by atoms with Crippen LogP contribution in [0, 0.1) is 12.7 Å². The molecular formula is C29H29FN4O3. The van der Waals surface area contributed by atoms with E-state index in [1.807, 2.05) is 49.4 Å². The third kappa shape index (κ3) is 6.68. The van der Waals surface area contributed by atoms with Crippen LogP contribution >= 0.6 is 0 Å². The number of aromatic nitrogens is 2. The van der Waals surface area contributed by atoms with Crippen molar-refractivity contribution >= 4 is 17.6 Å². The van der Waals surface area contributed by atoms with Gasteiger partial charge in [-0.25, -0.2) is 9.07 Å². The number of carbonyl (C=O) groups is 2. The zero-order valence-electron chi connectivity index (χ0n) is 20.9. The maximum atomic E-state index is 13.5. The molecule has 0 fully saturated rings. The molecule has 4 aromatic rings. The first-order valence-electron chi connectivity index (χ1n) is 12.0. The molecule has 0 aliphatic heterocycles. The first-order valence-corrected chi connectivity index (χ1v) is 12.0. The quantitative estimate of drug-likeness (QED) is 0.307. The van der Waals surface area contributed by atoms with Crippen molar-refractivity contribution in [1.82, 2.24) is 14.7 Å². The van der Waals surface area contributed by atoms with Crippen LogP contribution in [0.1, 0.15) is 22.3 Å². The van der Waals surface area contributed by atoms with Gasteiger partial charge in [-0.15, -0.1) is 0 Å². The smallest absolute Gasteiger partial charge is 0.254 e. The Morgan fingerprint density at radius 3 is 2.38 bits per heavy atom. The normalized spacial score (nSPS) is 10.8. The average Bonchev–Trinajstić information content (AvgIpc) is 3.32. The molecule has 4 rings (SSSR count). The van der Waals surface area contributed by atoms with E-state index in [1.54, 1.807) is 42.1 Å². The molecule has 7 nitrogen and oxygen atoms in total. The molecule has 0 bridgehead atoms. The van der Waals surface area contributed by atoms with Crippen LogP contribution in [0.25, 0.3) is 16.9 Å². The summed E-state index contributed by atoms with van der Waals surface area (Å²) in [5, 5.41) is 7.54. The molecule has 8 heteroatoms. The molecule has 37 heavy (non-hydrogen) atoms. The van der Waals surface area contributed by atoms with Gasteiger partial charge in [0.25, 0.3) is 5.91 Å². The summed E-state index contributed by atoms with van der Waals surface area (Å²) in [4.78, 5) is 27.9. The van der Waals surface area contributed by atoms with Gasteiger partial charge in [0.1, 0.15) is 18.2 Å². The van der Waals surface area contributed by atoms with Crippen LogP contribution in [0.2, 0.25) is 0 Å². The van der Waals surface area contributed by atoms with E-state index in [2.05, 4.69) is 10.4 Å². The summed E-state index contributed by atoms with van der Waals surface area (Å²) in [5.74, 6) is -0.565. The topological polar surface area (TPSA) is 76.5 Å². The Kier molecular flexibility index (Phi) is 8.43. The van der Waals surface area contributed by atoms with Crippen LogP contribution in [0.5, 0.6) is 0 Å². The summed E-state index contributed by atoms with van der Waals surface area (Å²) in [5.41, 5.74) is 3.66. The second-order valence-corrected chi connectivity index (χ2v) is 8.66. The zero-order valence-corrected chi connectivity index (χ0v) is 20.9. The second kappa shape index (κ2) is 12.1. The molecule has 0 aliphatic carbocycles. The Bertz CT molecular complexity index is 1340. The number of carbonyl (C=O) groups excluding carboxylic acids is 2. The minimum absolute atomic E-state index is 0.147. The number of halogens is 1. The van der Waals surface area contributed by atoms with Crippen molar-refractivity contribution in [2.45, 2.75) is 13.3 Å². The number of methoxy groups -OCH3 is 1. The van der Waals surface area contributed by atoms with E-state index >= 15 is 0 Å². The molecule has 0 unspecified atom stereocenters. The first-order chi connectivity index (χ1) is 17.9. The summed E-state index contributed by atoms with van der Waals surface area (Å²) in [6.45, 7) is 2.63. The number of rotatable bonds is 10. The summed E-state index contributed by atoms with van der Waals surface area (Å²) in [7, 11) is 1.60. The number of aryl methyl sites for hydroxylation is 1. The number of ether oxygens (including phenoxy) is 1. The van der Waals surface area contributed by atoms with Gasteiger partial charge in [0.15, 0.2) is 0 Å². The van der Waals surface area contributed by atoms with Gasteiger partial charge in [-0.3, -0.25) is 9.59 Å². The van der Waals surface area contributed by atoms with Crippen molar-refractivity contribution < 1.29 is 18.7 Å². The number of hydrogen-bond acceptors (Lipinski definition) is 4. The van der Waals surface area contributed by atoms with E-state index in [0.29, 0.717) is 42.3 Å². The summed E-state index contributed by atoms with van der Waals surface area (Å²) in [6, 6.07) is 24.4. The fourth-order valence-corrected chi connectivity index (χ4v) is 3.89. The minimum atomic E-state index is -0.374. The molecule has 0 aliphatic rings. The molecule has 0 radical (unpaired) electrons. The lowest BCUT2D eigenvalue weighted by atomic mass is 10.1. The molecule has 0 saturated carbocycles. The van der Waals surface area contributed by atoms with E-state index in [4.69, 9.17) is 4.74 Å². The monoisotopic (exact) mass is 500 g/mol. The highest BCUT2D eigenvalue weighted by Crippen LogP contribution is 2.25. The highest BCUT2D eigenvalue weighted by molar-refractivity contribution is 5.99. The van der Waals surface area contributed by atoms with Gasteiger partial charge >= 0.3 is 0 Å². The Morgan fingerprint density at radius 1 is 1.00 bits per heavy atom. The van der Waals surface area contributed by atoms with Crippen LogP contribution < -0.4 is 5.32 Å². The average molecular weight is 501 g/mol. The third-order valence-corrected chi connectivity index (χ3v) is 5.81. The lowest BCUT2D eigenvalue weighted by molar-refractivity contribution is -0.117. The highest BCUT2D eigenvalue weighted by Gasteiger charge is 2.21. The Hall–Kier alpha value is -4.30. The van der Waals surface area contributed by atoms with Crippen LogP contribution in [-0.2, 0) is 9.53 Å². The zero-order chi connectivity index (χ0) is 26.2. The molecular weight excluding hydrogens is 471 g/mol. The third-order valence-electron chi connectivity index (χ3n) is 5.81. The number of anilines is 1. The van der Waals surface area contributed by atoms with Gasteiger partial charge in [-0.1, -0.05) is 48.0 Å². The van der Waals surface area contributed by atoms with Crippen molar-refractivity contribution in [3.8, 4) is 16.9 Å². The lowest BCUT2D eigenvalue weighted by Crippen LogP contribution is -2.39. The largest absolute Gasteiger partial charge is 0.385 e. The molecule has 0 saturated heterocycles. The standard InChI is InChI=1S/C29H29FN4O3/c1-21-9-11-23(12-10-21)29(36)33(17-6-18-37-2)20-28(35)31-27-19-26(22-7-4-3-5-8-22)32-34(27)25-15-13-24(30)14-16-25/h3-5,7-16,19H,6,17-18,20H2,1-2H3,(H,31,35). The SMILES string of the molecule is COCCCN(CC(=O)Nc1cc(-c2ccccc2)nn1-c1ccc(F)cc1)C(=O)c1ccc(C)cc1. The Labute approximate surface area is 215 Å². The molecule has 0 atom stereocenters. The van der Waals surface area contributed by atoms with E-state index in [9.17, 15) is 14.0 Å². The molecule has 1 aromatic heterocycles. The van der Waals surface area contributed by atoms with Crippen LogP contribution in [-0.4, -0.2) is 53.3 Å². The van der Waals surface area contributed by atoms with Gasteiger partial charge in [0.2, 0.25) is 5.91 Å². The van der Waals surface area contributed by atoms with Crippen LogP contribution in [0.3, 0.4) is 0 Å². The van der Waals surface area contributed by atoms with Crippen molar-refractivity contribution in [3.63, 3.8) is 0 Å². The Balaban J connectivity index is 1.58. The first kappa shape index (κ1) is 25.8. The van der Waals surface area contributed by atoms with Crippen molar-refractivity contribution in [2.24, 2.45) is 0 Å². The molecule has 2 amide bonds. The van der Waals surface area contributed by atoms with Gasteiger partial charge in [0.05, 0.1) is 11.4 Å². The van der Waals surface area contributed by atoms with Crippen molar-refractivity contribution in [2.75, 3.05) is 32.1 Å². The lowest BCUT2D eigenvalue weighted by Gasteiger charge is -2.22. The molecule has 190 valence electrons. The van der Waals surface area contributed by atoms with Gasteiger partial charge < -0.3 is 15.0 Å². The van der Waals surface area contributed by atoms with Crippen molar-refractivity contribution in [1.29, 1.82) is 0 Å². The maximum Gasteiger partial charge on any atom is 0.254 e. The minimum Gasteiger partial charge on any atom is -0.385 e. The van der Waals surface area contributed by atoms with Crippen LogP contribution in [0.4, 0.5) is 10.2 Å². The second-order valence-electron chi connectivity index (χ2n) is 8.66. The summed E-state index contributed by atoms with van der Waals surface area (Å²) < 4.78 is 20.2. The Morgan fingerprint density at radius 2 is 1.70 bits per heavy atom. The number of nitrogens with zero attached hydrogens (tertiary/aromatic N) is 3. The number of nitrogens with one attached hydrogen (secondary N) is 1. The number of benzene rings is 3. The highest BCUT2D eigenvalue weighted by atomic mass is 19.1. The van der Waals surface area contributed by atoms with Crippen LogP contribution in [0.15, 0.2) is 84.9 Å². The predicted molar refractivity (Wildman–Crippen MR) is 141 cm³/mol. The fraction of sp³-hybridized carbons (Fsp3) is 0.207. The van der Waals surface area contributed by atoms with E-state index in [-0.39, 0.29) is 24.2 Å². The molecule has 1 heterocycles. The maximum absolute atomic E-state index is 13.5. The molecule has 0 spiro atoms. The van der Waals surface area contributed by atoms with E-state index < -0.39 is 0 Å². The molecule has 1 N–H and O–H groups in total. The van der Waals surface area contributed by atoms with Gasteiger partial charge in [-0.05, 0) is 49.7 Å². The number of amides is 2. The van der Waals surface area contributed by atoms with Gasteiger partial charge in [-0.2, -0.15) is 5.10 Å². The van der Waals surface area contributed by atoms with E-state index in [0.717, 1.165) is 11.1 Å². The summed E-state index contributed by atoms with van der Waals surface area (Å²) >= 11 is 0. The van der Waals surface area contributed by atoms with Gasteiger partial charge in [0, 0.05) is 37.5 Å². The molecule has 3 aromatic carbocycles. The summed E-state index contributed by atoms with van der Waals surface area (Å²) in [6.07, 6.45) is 0.590. The van der Waals surface area contributed by atoms with Crippen molar-refractivity contribution in [3.05, 3.63) is 102 Å². The van der Waals surface area contributed by atoms with E-state index in [1.165, 1.54) is 17.0 Å².